The molecule has 0 aliphatic heterocycles. The predicted molar refractivity (Wildman–Crippen MR) is 101 cm³/mol. The Labute approximate surface area is 164 Å². The predicted octanol–water partition coefficient (Wildman–Crippen LogP) is 0.0979. The number of ether oxygens (including phenoxy) is 2. The molecular formula is C19H27N3O6. The minimum Gasteiger partial charge on any atom is -0.484 e. The molecule has 28 heavy (non-hydrogen) atoms. The highest BCUT2D eigenvalue weighted by atomic mass is 16.5. The van der Waals surface area contributed by atoms with Crippen molar-refractivity contribution < 1.29 is 28.7 Å². The van der Waals surface area contributed by atoms with E-state index in [-0.39, 0.29) is 19.1 Å². The number of benzene rings is 1. The standard InChI is InChI=1S/C19H27N3O6/c1-19(2,3)21-15(23)11-22(4)17(25)13-28-18(26)10-20-16(24)12-27-14-8-6-5-7-9-14/h5-9H,10-13H2,1-4H3,(H,20,24)(H,21,23). The molecule has 0 bridgehead atoms. The monoisotopic (exact) mass is 393 g/mol. The van der Waals surface area contributed by atoms with Crippen molar-refractivity contribution >= 4 is 23.7 Å². The van der Waals surface area contributed by atoms with Gasteiger partial charge in [0.1, 0.15) is 12.3 Å². The molecular weight excluding hydrogens is 366 g/mol. The van der Waals surface area contributed by atoms with Gasteiger partial charge in [0.2, 0.25) is 5.91 Å². The summed E-state index contributed by atoms with van der Waals surface area (Å²) in [6.07, 6.45) is 0. The Hall–Kier alpha value is -3.10. The Morgan fingerprint density at radius 3 is 2.25 bits per heavy atom. The molecule has 0 saturated heterocycles. The third-order valence-electron chi connectivity index (χ3n) is 3.22. The lowest BCUT2D eigenvalue weighted by Gasteiger charge is -2.23. The zero-order valence-corrected chi connectivity index (χ0v) is 16.6. The van der Waals surface area contributed by atoms with Crippen LogP contribution in [0.1, 0.15) is 20.8 Å². The van der Waals surface area contributed by atoms with Gasteiger partial charge in [0.15, 0.2) is 13.2 Å². The van der Waals surface area contributed by atoms with E-state index in [4.69, 9.17) is 9.47 Å². The van der Waals surface area contributed by atoms with Crippen LogP contribution in [0.2, 0.25) is 0 Å². The first-order chi connectivity index (χ1) is 13.1. The van der Waals surface area contributed by atoms with Gasteiger partial charge in [-0.25, -0.2) is 0 Å². The topological polar surface area (TPSA) is 114 Å². The molecule has 0 spiro atoms. The van der Waals surface area contributed by atoms with E-state index in [0.717, 1.165) is 4.90 Å². The van der Waals surface area contributed by atoms with Crippen LogP contribution in [0.5, 0.6) is 5.75 Å². The third kappa shape index (κ3) is 10.1. The normalized spacial score (nSPS) is 10.6. The Morgan fingerprint density at radius 2 is 1.64 bits per heavy atom. The Kier molecular flexibility index (Phi) is 8.94. The summed E-state index contributed by atoms with van der Waals surface area (Å²) in [5.74, 6) is -1.59. The number of hydrogen-bond acceptors (Lipinski definition) is 6. The van der Waals surface area contributed by atoms with Crippen LogP contribution < -0.4 is 15.4 Å². The third-order valence-corrected chi connectivity index (χ3v) is 3.22. The molecule has 154 valence electrons. The summed E-state index contributed by atoms with van der Waals surface area (Å²) in [5.41, 5.74) is -0.407. The second-order valence-corrected chi connectivity index (χ2v) is 7.09. The van der Waals surface area contributed by atoms with Crippen molar-refractivity contribution in [2.45, 2.75) is 26.3 Å². The van der Waals surface area contributed by atoms with Crippen molar-refractivity contribution in [3.63, 3.8) is 0 Å². The molecule has 0 aliphatic carbocycles. The number of rotatable bonds is 9. The van der Waals surface area contributed by atoms with Gasteiger partial charge in [-0.15, -0.1) is 0 Å². The van der Waals surface area contributed by atoms with E-state index >= 15 is 0 Å². The van der Waals surface area contributed by atoms with Crippen LogP contribution in [-0.2, 0) is 23.9 Å². The van der Waals surface area contributed by atoms with Crippen molar-refractivity contribution in [2.75, 3.05) is 33.4 Å². The number of carbonyl (C=O) groups is 4. The highest BCUT2D eigenvalue weighted by molar-refractivity contribution is 5.87. The second-order valence-electron chi connectivity index (χ2n) is 7.09. The van der Waals surface area contributed by atoms with E-state index in [1.807, 2.05) is 26.8 Å². The summed E-state index contributed by atoms with van der Waals surface area (Å²) >= 11 is 0. The minimum atomic E-state index is -0.769. The largest absolute Gasteiger partial charge is 0.484 e. The highest BCUT2D eigenvalue weighted by Crippen LogP contribution is 2.07. The van der Waals surface area contributed by atoms with Gasteiger partial charge < -0.3 is 25.0 Å². The second kappa shape index (κ2) is 10.9. The molecule has 0 aromatic heterocycles. The van der Waals surface area contributed by atoms with E-state index in [0.29, 0.717) is 5.75 Å². The lowest BCUT2D eigenvalue weighted by atomic mass is 10.1. The number of carbonyl (C=O) groups excluding carboxylic acids is 4. The number of para-hydroxylation sites is 1. The number of esters is 1. The van der Waals surface area contributed by atoms with Crippen LogP contribution in [0, 0.1) is 0 Å². The molecule has 1 aromatic carbocycles. The number of likely N-dealkylation sites (N-methyl/N-ethyl adjacent to an activating group) is 1. The van der Waals surface area contributed by atoms with Crippen molar-refractivity contribution in [2.24, 2.45) is 0 Å². The zero-order valence-electron chi connectivity index (χ0n) is 16.6. The summed E-state index contributed by atoms with van der Waals surface area (Å²) in [4.78, 5) is 48.1. The van der Waals surface area contributed by atoms with E-state index in [1.165, 1.54) is 7.05 Å². The first-order valence-corrected chi connectivity index (χ1v) is 8.72. The van der Waals surface area contributed by atoms with Gasteiger partial charge in [-0.1, -0.05) is 18.2 Å². The summed E-state index contributed by atoms with van der Waals surface area (Å²) < 4.78 is 10.0. The number of hydrogen-bond donors (Lipinski definition) is 2. The fraction of sp³-hybridized carbons (Fsp3) is 0.474. The van der Waals surface area contributed by atoms with Crippen LogP contribution in [0.25, 0.3) is 0 Å². The maximum atomic E-state index is 11.9. The fourth-order valence-electron chi connectivity index (χ4n) is 1.95. The quantitative estimate of drug-likeness (QED) is 0.575. The SMILES string of the molecule is CN(CC(=O)NC(C)(C)C)C(=O)COC(=O)CNC(=O)COc1ccccc1. The van der Waals surface area contributed by atoms with Crippen molar-refractivity contribution in [1.82, 2.24) is 15.5 Å². The average Bonchev–Trinajstić information content (AvgIpc) is 2.61. The van der Waals surface area contributed by atoms with Gasteiger partial charge in [-0.05, 0) is 32.9 Å². The highest BCUT2D eigenvalue weighted by Gasteiger charge is 2.18. The molecule has 0 radical (unpaired) electrons. The Morgan fingerprint density at radius 1 is 1.00 bits per heavy atom. The molecule has 3 amide bonds. The van der Waals surface area contributed by atoms with E-state index in [2.05, 4.69) is 10.6 Å². The van der Waals surface area contributed by atoms with Crippen LogP contribution >= 0.6 is 0 Å². The van der Waals surface area contributed by atoms with E-state index < -0.39 is 36.5 Å². The van der Waals surface area contributed by atoms with E-state index in [1.54, 1.807) is 24.3 Å². The summed E-state index contributed by atoms with van der Waals surface area (Å²) in [7, 11) is 1.43. The maximum Gasteiger partial charge on any atom is 0.325 e. The van der Waals surface area contributed by atoms with Crippen LogP contribution in [0.3, 0.4) is 0 Å². The summed E-state index contributed by atoms with van der Waals surface area (Å²) in [6.45, 7) is 4.17. The first-order valence-electron chi connectivity index (χ1n) is 8.72. The average molecular weight is 393 g/mol. The number of nitrogens with one attached hydrogen (secondary N) is 2. The van der Waals surface area contributed by atoms with E-state index in [9.17, 15) is 19.2 Å². The van der Waals surface area contributed by atoms with Gasteiger partial charge >= 0.3 is 5.97 Å². The Bertz CT molecular complexity index is 685. The maximum absolute atomic E-state index is 11.9. The number of nitrogens with zero attached hydrogens (tertiary/aromatic N) is 1. The lowest BCUT2D eigenvalue weighted by molar-refractivity contribution is -0.151. The van der Waals surface area contributed by atoms with Crippen LogP contribution in [0.4, 0.5) is 0 Å². The molecule has 0 atom stereocenters. The van der Waals surface area contributed by atoms with Gasteiger partial charge in [0.05, 0.1) is 6.54 Å². The summed E-state index contributed by atoms with van der Waals surface area (Å²) in [5, 5.41) is 5.06. The molecule has 1 rings (SSSR count). The molecule has 0 fully saturated rings. The first kappa shape index (κ1) is 22.9. The van der Waals surface area contributed by atoms with Gasteiger partial charge in [0.25, 0.3) is 11.8 Å². The van der Waals surface area contributed by atoms with Crippen molar-refractivity contribution in [1.29, 1.82) is 0 Å². The number of amides is 3. The molecule has 2 N–H and O–H groups in total. The van der Waals surface area contributed by atoms with Crippen LogP contribution in [0.15, 0.2) is 30.3 Å². The molecule has 1 aromatic rings. The minimum absolute atomic E-state index is 0.152. The molecule has 0 unspecified atom stereocenters. The van der Waals surface area contributed by atoms with Gasteiger partial charge in [-0.3, -0.25) is 19.2 Å². The van der Waals surface area contributed by atoms with Gasteiger partial charge in [0, 0.05) is 12.6 Å². The summed E-state index contributed by atoms with van der Waals surface area (Å²) in [6, 6.07) is 8.76. The van der Waals surface area contributed by atoms with Gasteiger partial charge in [-0.2, -0.15) is 0 Å². The van der Waals surface area contributed by atoms with Crippen LogP contribution in [-0.4, -0.2) is 67.5 Å². The molecule has 9 nitrogen and oxygen atoms in total. The molecule has 0 aliphatic rings. The zero-order chi connectivity index (χ0) is 21.2. The molecule has 0 heterocycles. The lowest BCUT2D eigenvalue weighted by Crippen LogP contribution is -2.47. The Balaban J connectivity index is 2.23. The van der Waals surface area contributed by atoms with Crippen molar-refractivity contribution in [3.05, 3.63) is 30.3 Å². The smallest absolute Gasteiger partial charge is 0.325 e. The fourth-order valence-corrected chi connectivity index (χ4v) is 1.95. The van der Waals surface area contributed by atoms with Crippen molar-refractivity contribution in [3.8, 4) is 5.75 Å². The molecule has 0 saturated carbocycles. The molecule has 9 heteroatoms.